The first-order chi connectivity index (χ1) is 11.8. The Kier molecular flexibility index (Phi) is 7.29. The fraction of sp³-hybridized carbons (Fsp3) is 0.263. The van der Waals surface area contributed by atoms with Crippen LogP contribution in [0.5, 0.6) is 0 Å². The Balaban J connectivity index is 0.00000121. The molecule has 138 valence electrons. The van der Waals surface area contributed by atoms with Gasteiger partial charge in [0.05, 0.1) is 5.52 Å². The zero-order valence-corrected chi connectivity index (χ0v) is 15.8. The Bertz CT molecular complexity index is 847. The number of pyridine rings is 2. The van der Waals surface area contributed by atoms with Gasteiger partial charge in [-0.05, 0) is 35.4 Å². The van der Waals surface area contributed by atoms with Crippen LogP contribution in [0.3, 0.4) is 0 Å². The van der Waals surface area contributed by atoms with Gasteiger partial charge in [-0.3, -0.25) is 14.9 Å². The van der Waals surface area contributed by atoms with Gasteiger partial charge in [-0.1, -0.05) is 12.1 Å². The van der Waals surface area contributed by atoms with Crippen LogP contribution < -0.4 is 5.32 Å². The highest BCUT2D eigenvalue weighted by atomic mass is 35.5. The Morgan fingerprint density at radius 3 is 2.81 bits per heavy atom. The van der Waals surface area contributed by atoms with Gasteiger partial charge in [0.15, 0.2) is 0 Å². The molecule has 1 N–H and O–H groups in total. The lowest BCUT2D eigenvalue weighted by Gasteiger charge is -2.36. The maximum Gasteiger partial charge on any atom is 0.124 e. The molecule has 0 radical (unpaired) electrons. The molecule has 1 fully saturated rings. The topological polar surface area (TPSA) is 41.0 Å². The minimum atomic E-state index is -0.210. The molecule has 2 aromatic heterocycles. The maximum atomic E-state index is 14.0. The summed E-state index contributed by atoms with van der Waals surface area (Å²) in [7, 11) is 0. The number of hydrogen-bond donors (Lipinski definition) is 1. The third kappa shape index (κ3) is 4.30. The Morgan fingerprint density at radius 1 is 1.15 bits per heavy atom. The number of piperazine rings is 1. The number of nitrogens with one attached hydrogen (secondary N) is 1. The Hall–Kier alpha value is -1.79. The Morgan fingerprint density at radius 2 is 2.00 bits per heavy atom. The van der Waals surface area contributed by atoms with E-state index in [0.717, 1.165) is 36.1 Å². The molecule has 1 aliphatic rings. The van der Waals surface area contributed by atoms with Gasteiger partial charge in [0.2, 0.25) is 0 Å². The maximum absolute atomic E-state index is 14.0. The second-order valence-corrected chi connectivity index (χ2v) is 6.12. The van der Waals surface area contributed by atoms with Crippen LogP contribution in [0.15, 0.2) is 55.0 Å². The molecular weight excluding hydrogens is 374 g/mol. The van der Waals surface area contributed by atoms with E-state index in [-0.39, 0.29) is 36.7 Å². The zero-order chi connectivity index (χ0) is 16.4. The summed E-state index contributed by atoms with van der Waals surface area (Å²) in [5, 5.41) is 4.29. The predicted molar refractivity (Wildman–Crippen MR) is 106 cm³/mol. The molecule has 1 aliphatic heterocycles. The van der Waals surface area contributed by atoms with Crippen LogP contribution in [0.2, 0.25) is 0 Å². The van der Waals surface area contributed by atoms with E-state index < -0.39 is 0 Å². The van der Waals surface area contributed by atoms with Crippen LogP contribution in [-0.2, 0) is 6.54 Å². The highest BCUT2D eigenvalue weighted by Crippen LogP contribution is 2.26. The number of nitrogens with zero attached hydrogens (tertiary/aromatic N) is 3. The van der Waals surface area contributed by atoms with Gasteiger partial charge in [-0.2, -0.15) is 0 Å². The SMILES string of the molecule is Cl.Cl.Fc1cc(CN2CCNCC2c2cccnc2)c2ncccc2c1. The predicted octanol–water partition coefficient (Wildman–Crippen LogP) is 3.76. The Labute approximate surface area is 164 Å². The summed E-state index contributed by atoms with van der Waals surface area (Å²) in [4.78, 5) is 11.1. The molecule has 7 heteroatoms. The van der Waals surface area contributed by atoms with Crippen molar-refractivity contribution in [1.29, 1.82) is 0 Å². The van der Waals surface area contributed by atoms with Crippen molar-refractivity contribution >= 4 is 35.7 Å². The van der Waals surface area contributed by atoms with Gasteiger partial charge in [0.25, 0.3) is 0 Å². The van der Waals surface area contributed by atoms with Crippen LogP contribution in [0.25, 0.3) is 10.9 Å². The second kappa shape index (κ2) is 9.24. The van der Waals surface area contributed by atoms with Gasteiger partial charge in [-0.25, -0.2) is 4.39 Å². The van der Waals surface area contributed by atoms with Crippen molar-refractivity contribution in [2.45, 2.75) is 12.6 Å². The van der Waals surface area contributed by atoms with Crippen molar-refractivity contribution in [3.8, 4) is 0 Å². The van der Waals surface area contributed by atoms with Gasteiger partial charge >= 0.3 is 0 Å². The van der Waals surface area contributed by atoms with Crippen LogP contribution >= 0.6 is 24.8 Å². The summed E-state index contributed by atoms with van der Waals surface area (Å²) in [6.07, 6.45) is 5.46. The minimum Gasteiger partial charge on any atom is -0.314 e. The minimum absolute atomic E-state index is 0. The van der Waals surface area contributed by atoms with E-state index in [1.807, 2.05) is 24.4 Å². The van der Waals surface area contributed by atoms with Crippen molar-refractivity contribution in [3.05, 3.63) is 71.9 Å². The first-order valence-electron chi connectivity index (χ1n) is 8.19. The van der Waals surface area contributed by atoms with E-state index in [9.17, 15) is 4.39 Å². The molecule has 1 saturated heterocycles. The summed E-state index contributed by atoms with van der Waals surface area (Å²) in [5.41, 5.74) is 2.99. The normalized spacial score (nSPS) is 17.3. The lowest BCUT2D eigenvalue weighted by Crippen LogP contribution is -2.45. The molecule has 26 heavy (non-hydrogen) atoms. The molecule has 0 aliphatic carbocycles. The van der Waals surface area contributed by atoms with Crippen LogP contribution in [0.4, 0.5) is 4.39 Å². The van der Waals surface area contributed by atoms with E-state index >= 15 is 0 Å². The summed E-state index contributed by atoms with van der Waals surface area (Å²) in [6, 6.07) is 11.2. The molecule has 3 aromatic rings. The zero-order valence-electron chi connectivity index (χ0n) is 14.1. The van der Waals surface area contributed by atoms with Crippen molar-refractivity contribution in [2.75, 3.05) is 19.6 Å². The molecule has 3 heterocycles. The number of rotatable bonds is 3. The van der Waals surface area contributed by atoms with E-state index in [1.54, 1.807) is 24.5 Å². The van der Waals surface area contributed by atoms with E-state index in [4.69, 9.17) is 0 Å². The fourth-order valence-corrected chi connectivity index (χ4v) is 3.40. The third-order valence-corrected chi connectivity index (χ3v) is 4.55. The van der Waals surface area contributed by atoms with E-state index in [1.165, 1.54) is 5.56 Å². The summed E-state index contributed by atoms with van der Waals surface area (Å²) >= 11 is 0. The quantitative estimate of drug-likeness (QED) is 0.733. The average molecular weight is 395 g/mol. The highest BCUT2D eigenvalue weighted by molar-refractivity contribution is 5.85. The monoisotopic (exact) mass is 394 g/mol. The van der Waals surface area contributed by atoms with E-state index in [0.29, 0.717) is 6.54 Å². The van der Waals surface area contributed by atoms with Gasteiger partial charge in [0, 0.05) is 56.2 Å². The van der Waals surface area contributed by atoms with Crippen LogP contribution in [0, 0.1) is 5.82 Å². The van der Waals surface area contributed by atoms with Gasteiger partial charge in [-0.15, -0.1) is 24.8 Å². The molecule has 1 aromatic carbocycles. The molecule has 4 nitrogen and oxygen atoms in total. The van der Waals surface area contributed by atoms with Crippen LogP contribution in [-0.4, -0.2) is 34.5 Å². The fourth-order valence-electron chi connectivity index (χ4n) is 3.40. The lowest BCUT2D eigenvalue weighted by atomic mass is 10.0. The smallest absolute Gasteiger partial charge is 0.124 e. The largest absolute Gasteiger partial charge is 0.314 e. The molecule has 0 spiro atoms. The van der Waals surface area contributed by atoms with Crippen molar-refractivity contribution in [2.24, 2.45) is 0 Å². The molecule has 1 atom stereocenters. The highest BCUT2D eigenvalue weighted by Gasteiger charge is 2.24. The molecule has 0 amide bonds. The van der Waals surface area contributed by atoms with Gasteiger partial charge < -0.3 is 5.32 Å². The van der Waals surface area contributed by atoms with Crippen LogP contribution in [0.1, 0.15) is 17.2 Å². The molecule has 0 saturated carbocycles. The third-order valence-electron chi connectivity index (χ3n) is 4.55. The summed E-state index contributed by atoms with van der Waals surface area (Å²) < 4.78 is 14.0. The first-order valence-corrected chi connectivity index (χ1v) is 8.19. The van der Waals surface area contributed by atoms with Gasteiger partial charge in [0.1, 0.15) is 5.82 Å². The molecular formula is C19H21Cl2FN4. The second-order valence-electron chi connectivity index (χ2n) is 6.12. The number of hydrogen-bond acceptors (Lipinski definition) is 4. The van der Waals surface area contributed by atoms with Crippen molar-refractivity contribution in [1.82, 2.24) is 20.2 Å². The van der Waals surface area contributed by atoms with E-state index in [2.05, 4.69) is 26.3 Å². The average Bonchev–Trinajstić information content (AvgIpc) is 2.63. The number of aromatic nitrogens is 2. The number of halogens is 3. The standard InChI is InChI=1S/C19H19FN4.2ClH/c20-17-9-14-3-2-6-23-19(14)16(10-17)13-24-8-7-22-12-18(24)15-4-1-5-21-11-15;;/h1-6,9-11,18,22H,7-8,12-13H2;2*1H. The van der Waals surface area contributed by atoms with Crippen molar-refractivity contribution in [3.63, 3.8) is 0 Å². The summed E-state index contributed by atoms with van der Waals surface area (Å²) in [6.45, 7) is 3.38. The molecule has 0 bridgehead atoms. The van der Waals surface area contributed by atoms with Crippen molar-refractivity contribution < 1.29 is 4.39 Å². The summed E-state index contributed by atoms with van der Waals surface area (Å²) in [5.74, 6) is -0.210. The molecule has 1 unspecified atom stereocenters. The molecule has 4 rings (SSSR count). The lowest BCUT2D eigenvalue weighted by molar-refractivity contribution is 0.154. The first kappa shape index (κ1) is 20.5. The number of benzene rings is 1. The number of fused-ring (bicyclic) bond motifs is 1.